The van der Waals surface area contributed by atoms with Gasteiger partial charge in [-0.05, 0) is 38.1 Å². The van der Waals surface area contributed by atoms with Gasteiger partial charge in [0.05, 0.1) is 28.7 Å². The van der Waals surface area contributed by atoms with Gasteiger partial charge < -0.3 is 18.9 Å². The fourth-order valence-electron chi connectivity index (χ4n) is 2.45. The monoisotopic (exact) mass is 491 g/mol. The molecule has 0 N–H and O–H groups in total. The number of rotatable bonds is 9. The lowest BCUT2D eigenvalue weighted by Gasteiger charge is -2.17. The number of alkyl halides is 3. The standard InChI is InChI=1S/C20H17ClF3NO8/c1-3-30-18(26)17(19(27)31-4-2)33-16-10-12(6-7-14(16)25(28)29)32-15-8-5-11(9-13(15)21)20(22,23)24/h5-10,17H,3-4H2,1-2H3. The summed E-state index contributed by atoms with van der Waals surface area (Å²) in [5, 5.41) is 11.0. The Morgan fingerprint density at radius 1 is 1.03 bits per heavy atom. The molecule has 0 aliphatic carbocycles. The number of nitro benzene ring substituents is 1. The molecule has 0 bridgehead atoms. The van der Waals surface area contributed by atoms with Crippen LogP contribution in [0.4, 0.5) is 18.9 Å². The van der Waals surface area contributed by atoms with Gasteiger partial charge in [0.15, 0.2) is 0 Å². The lowest BCUT2D eigenvalue weighted by Crippen LogP contribution is -2.38. The number of nitrogens with zero attached hydrogens (tertiary/aromatic N) is 1. The first kappa shape index (κ1) is 25.7. The molecular formula is C20H17ClF3NO8. The van der Waals surface area contributed by atoms with E-state index in [2.05, 4.69) is 0 Å². The maximum absolute atomic E-state index is 12.8. The van der Waals surface area contributed by atoms with Gasteiger partial charge in [-0.25, -0.2) is 9.59 Å². The van der Waals surface area contributed by atoms with Crippen LogP contribution in [0.5, 0.6) is 17.2 Å². The summed E-state index contributed by atoms with van der Waals surface area (Å²) in [6, 6.07) is 5.41. The Morgan fingerprint density at radius 3 is 2.12 bits per heavy atom. The van der Waals surface area contributed by atoms with Crippen molar-refractivity contribution >= 4 is 29.2 Å². The molecule has 0 amide bonds. The van der Waals surface area contributed by atoms with Crippen molar-refractivity contribution in [2.45, 2.75) is 26.1 Å². The molecule has 0 heterocycles. The second kappa shape index (κ2) is 10.9. The number of ether oxygens (including phenoxy) is 4. The third kappa shape index (κ3) is 6.72. The smallest absolute Gasteiger partial charge is 0.416 e. The van der Waals surface area contributed by atoms with Gasteiger partial charge >= 0.3 is 23.8 Å². The maximum atomic E-state index is 12.8. The Kier molecular flexibility index (Phi) is 8.46. The van der Waals surface area contributed by atoms with Crippen molar-refractivity contribution in [3.63, 3.8) is 0 Å². The number of esters is 2. The van der Waals surface area contributed by atoms with Crippen LogP contribution in [0.15, 0.2) is 36.4 Å². The number of hydrogen-bond donors (Lipinski definition) is 0. The maximum Gasteiger partial charge on any atom is 0.416 e. The van der Waals surface area contributed by atoms with Gasteiger partial charge in [0, 0.05) is 12.1 Å². The lowest BCUT2D eigenvalue weighted by molar-refractivity contribution is -0.386. The summed E-state index contributed by atoms with van der Waals surface area (Å²) in [5.41, 5.74) is -1.63. The molecule has 0 spiro atoms. The molecule has 0 aliphatic heterocycles. The van der Waals surface area contributed by atoms with E-state index in [1.807, 2.05) is 0 Å². The van der Waals surface area contributed by atoms with Crippen LogP contribution in [0.2, 0.25) is 5.02 Å². The van der Waals surface area contributed by atoms with E-state index in [1.54, 1.807) is 0 Å². The Bertz CT molecular complexity index is 1030. The van der Waals surface area contributed by atoms with E-state index in [-0.39, 0.29) is 29.7 Å². The van der Waals surface area contributed by atoms with Crippen LogP contribution >= 0.6 is 11.6 Å². The summed E-state index contributed by atoms with van der Waals surface area (Å²) in [5.74, 6) is -3.14. The van der Waals surface area contributed by atoms with Crippen molar-refractivity contribution in [1.29, 1.82) is 0 Å². The Hall–Kier alpha value is -3.54. The molecule has 0 saturated carbocycles. The topological polar surface area (TPSA) is 114 Å². The first-order valence-electron chi connectivity index (χ1n) is 9.30. The van der Waals surface area contributed by atoms with Gasteiger partial charge in [0.25, 0.3) is 6.10 Å². The quantitative estimate of drug-likeness (QED) is 0.210. The second-order valence-electron chi connectivity index (χ2n) is 6.13. The first-order valence-corrected chi connectivity index (χ1v) is 9.68. The highest BCUT2D eigenvalue weighted by atomic mass is 35.5. The summed E-state index contributed by atoms with van der Waals surface area (Å²) in [7, 11) is 0. The molecule has 0 radical (unpaired) electrons. The van der Waals surface area contributed by atoms with Crippen LogP contribution in [0.25, 0.3) is 0 Å². The van der Waals surface area contributed by atoms with Crippen LogP contribution in [-0.2, 0) is 25.2 Å². The zero-order chi connectivity index (χ0) is 24.8. The minimum Gasteiger partial charge on any atom is -0.463 e. The van der Waals surface area contributed by atoms with Crippen molar-refractivity contribution in [1.82, 2.24) is 0 Å². The Labute approximate surface area is 190 Å². The van der Waals surface area contributed by atoms with Gasteiger partial charge in [-0.1, -0.05) is 11.6 Å². The molecule has 0 atom stereocenters. The largest absolute Gasteiger partial charge is 0.463 e. The fraction of sp³-hybridized carbons (Fsp3) is 0.300. The minimum absolute atomic E-state index is 0.101. The predicted molar refractivity (Wildman–Crippen MR) is 107 cm³/mol. The number of hydrogen-bond acceptors (Lipinski definition) is 8. The highest BCUT2D eigenvalue weighted by molar-refractivity contribution is 6.32. The Balaban J connectivity index is 2.40. The van der Waals surface area contributed by atoms with Gasteiger partial charge in [-0.15, -0.1) is 0 Å². The average Bonchev–Trinajstić information content (AvgIpc) is 2.72. The van der Waals surface area contributed by atoms with Crippen molar-refractivity contribution in [2.24, 2.45) is 0 Å². The van der Waals surface area contributed by atoms with E-state index in [4.69, 9.17) is 30.5 Å². The minimum atomic E-state index is -4.62. The van der Waals surface area contributed by atoms with Crippen molar-refractivity contribution in [3.05, 3.63) is 57.1 Å². The molecule has 2 aromatic rings. The molecule has 0 aromatic heterocycles. The van der Waals surface area contributed by atoms with E-state index in [9.17, 15) is 32.9 Å². The zero-order valence-corrected chi connectivity index (χ0v) is 17.9. The van der Waals surface area contributed by atoms with Crippen LogP contribution in [-0.4, -0.2) is 36.2 Å². The SMILES string of the molecule is CCOC(=O)C(Oc1cc(Oc2ccc(C(F)(F)F)cc2Cl)ccc1[N+](=O)[O-])C(=O)OCC. The molecular weight excluding hydrogens is 475 g/mol. The normalized spacial score (nSPS) is 11.1. The van der Waals surface area contributed by atoms with E-state index in [1.165, 1.54) is 13.8 Å². The average molecular weight is 492 g/mol. The van der Waals surface area contributed by atoms with Gasteiger partial charge in [0.2, 0.25) is 5.75 Å². The van der Waals surface area contributed by atoms with Crippen molar-refractivity contribution in [3.8, 4) is 17.2 Å². The zero-order valence-electron chi connectivity index (χ0n) is 17.2. The number of nitro groups is 1. The molecule has 9 nitrogen and oxygen atoms in total. The summed E-state index contributed by atoms with van der Waals surface area (Å²) < 4.78 is 58.6. The van der Waals surface area contributed by atoms with E-state index >= 15 is 0 Å². The predicted octanol–water partition coefficient (Wildman–Crippen LogP) is 4.93. The molecule has 0 fully saturated rings. The lowest BCUT2D eigenvalue weighted by atomic mass is 10.2. The molecule has 2 aromatic carbocycles. The molecule has 13 heteroatoms. The number of carbonyl (C=O) groups excluding carboxylic acids is 2. The van der Waals surface area contributed by atoms with Crippen LogP contribution in [0.3, 0.4) is 0 Å². The molecule has 0 unspecified atom stereocenters. The number of carbonyl (C=O) groups is 2. The molecule has 2 rings (SSSR count). The highest BCUT2D eigenvalue weighted by Gasteiger charge is 2.34. The van der Waals surface area contributed by atoms with Gasteiger partial charge in [0.1, 0.15) is 11.5 Å². The highest BCUT2D eigenvalue weighted by Crippen LogP contribution is 2.38. The van der Waals surface area contributed by atoms with Crippen LogP contribution in [0.1, 0.15) is 19.4 Å². The van der Waals surface area contributed by atoms with Crippen molar-refractivity contribution < 1.29 is 46.6 Å². The Morgan fingerprint density at radius 2 is 1.64 bits per heavy atom. The third-order valence-corrected chi connectivity index (χ3v) is 4.16. The molecule has 0 aliphatic rings. The second-order valence-corrected chi connectivity index (χ2v) is 6.54. The molecule has 0 saturated heterocycles. The number of halogens is 4. The summed E-state index contributed by atoms with van der Waals surface area (Å²) >= 11 is 5.86. The molecule has 33 heavy (non-hydrogen) atoms. The number of benzene rings is 2. The van der Waals surface area contributed by atoms with Crippen molar-refractivity contribution in [2.75, 3.05) is 13.2 Å². The van der Waals surface area contributed by atoms with Gasteiger partial charge in [-0.3, -0.25) is 10.1 Å². The molecule has 178 valence electrons. The van der Waals surface area contributed by atoms with Crippen LogP contribution < -0.4 is 9.47 Å². The summed E-state index contributed by atoms with van der Waals surface area (Å²) in [4.78, 5) is 34.8. The van der Waals surface area contributed by atoms with E-state index in [0.717, 1.165) is 30.3 Å². The third-order valence-electron chi connectivity index (χ3n) is 3.86. The summed E-state index contributed by atoms with van der Waals surface area (Å²) in [6.45, 7) is 2.75. The summed E-state index contributed by atoms with van der Waals surface area (Å²) in [6.07, 6.45) is -6.58. The fourth-order valence-corrected chi connectivity index (χ4v) is 2.66. The van der Waals surface area contributed by atoms with E-state index in [0.29, 0.717) is 6.07 Å². The van der Waals surface area contributed by atoms with Crippen LogP contribution in [0, 0.1) is 10.1 Å². The first-order chi connectivity index (χ1) is 15.5. The van der Waals surface area contributed by atoms with Gasteiger partial charge in [-0.2, -0.15) is 13.2 Å². The van der Waals surface area contributed by atoms with E-state index < -0.39 is 46.1 Å².